The van der Waals surface area contributed by atoms with E-state index >= 15 is 0 Å². The van der Waals surface area contributed by atoms with Gasteiger partial charge in [-0.1, -0.05) is 115 Å². The first kappa shape index (κ1) is 31.5. The van der Waals surface area contributed by atoms with Crippen LogP contribution in [0.3, 0.4) is 0 Å². The second kappa shape index (κ2) is 12.0. The van der Waals surface area contributed by atoms with E-state index in [4.69, 9.17) is 46.4 Å². The molecule has 0 aliphatic heterocycles. The van der Waals surface area contributed by atoms with Gasteiger partial charge in [0.05, 0.1) is 19.5 Å². The molecular weight excluding hydrogens is 834 g/mol. The molecule has 0 amide bonds. The predicted octanol–water partition coefficient (Wildman–Crippen LogP) is 8.28. The maximum absolute atomic E-state index is 14.4. The van der Waals surface area contributed by atoms with Crippen LogP contribution in [0.15, 0.2) is 48.5 Å². The highest BCUT2D eigenvalue weighted by Crippen LogP contribution is 2.55. The first-order valence-electron chi connectivity index (χ1n) is 9.03. The minimum absolute atomic E-state index is 0.267. The van der Waals surface area contributed by atoms with E-state index in [2.05, 4.69) is 63.7 Å². The van der Waals surface area contributed by atoms with Crippen LogP contribution in [0.5, 0.6) is 0 Å². The van der Waals surface area contributed by atoms with Crippen LogP contribution in [0.4, 0.5) is 11.4 Å². The van der Waals surface area contributed by atoms with Gasteiger partial charge in [0, 0.05) is 23.3 Å². The normalized spacial score (nSPS) is 16.2. The Kier molecular flexibility index (Phi) is 10.8. The van der Waals surface area contributed by atoms with Gasteiger partial charge >= 0.3 is 0 Å². The van der Waals surface area contributed by atoms with E-state index < -0.39 is 57.7 Å². The molecule has 0 aromatic heterocycles. The van der Waals surface area contributed by atoms with Crippen LogP contribution >= 0.6 is 110 Å². The van der Waals surface area contributed by atoms with Crippen LogP contribution in [-0.2, 0) is 9.84 Å². The molecule has 0 aliphatic rings. The molecule has 0 bridgehead atoms. The highest BCUT2D eigenvalue weighted by atomic mass is 79.9. The third-order valence-electron chi connectivity index (χ3n) is 4.74. The molecule has 0 N–H and O–H groups in total. The maximum atomic E-state index is 14.4. The van der Waals surface area contributed by atoms with Gasteiger partial charge < -0.3 is 0 Å². The molecule has 2 aromatic rings. The summed E-state index contributed by atoms with van der Waals surface area (Å²) in [6.07, 6.45) is 0. The maximum Gasteiger partial charge on any atom is 0.273 e. The number of halogens is 8. The Morgan fingerprint density at radius 3 is 1.26 bits per heavy atom. The van der Waals surface area contributed by atoms with Gasteiger partial charge in [0.1, 0.15) is 10.5 Å². The summed E-state index contributed by atoms with van der Waals surface area (Å²) in [6, 6.07) is 10.2. The van der Waals surface area contributed by atoms with Gasteiger partial charge in [0.15, 0.2) is 16.3 Å². The lowest BCUT2D eigenvalue weighted by atomic mass is 10.1. The van der Waals surface area contributed by atoms with Crippen molar-refractivity contribution < 1.29 is 18.3 Å². The minimum Gasteiger partial charge on any atom is -0.258 e. The summed E-state index contributed by atoms with van der Waals surface area (Å²) >= 11 is 37.1. The minimum atomic E-state index is -4.75. The fraction of sp³-hybridized carbons (Fsp3) is 0.333. The van der Waals surface area contributed by atoms with Gasteiger partial charge in [0.2, 0.25) is 0 Å². The summed E-state index contributed by atoms with van der Waals surface area (Å²) in [5.41, 5.74) is -1.61. The molecule has 0 saturated carbocycles. The summed E-state index contributed by atoms with van der Waals surface area (Å²) in [4.78, 5) is 19.2. The summed E-state index contributed by atoms with van der Waals surface area (Å²) in [5, 5.41) is 19.9. The highest BCUT2D eigenvalue weighted by molar-refractivity contribution is 9.13. The molecule has 0 aliphatic carbocycles. The molecule has 0 fully saturated rings. The van der Waals surface area contributed by atoms with Gasteiger partial charge in [-0.25, -0.2) is 8.42 Å². The van der Waals surface area contributed by atoms with E-state index in [0.29, 0.717) is 0 Å². The number of hydrogen-bond donors (Lipinski definition) is 0. The van der Waals surface area contributed by atoms with Gasteiger partial charge in [-0.3, -0.25) is 20.2 Å². The highest BCUT2D eigenvalue weighted by Gasteiger charge is 2.54. The lowest BCUT2D eigenvalue weighted by Crippen LogP contribution is -2.39. The number of nitro benzene ring substituents is 2. The molecule has 2 aromatic carbocycles. The lowest BCUT2D eigenvalue weighted by Gasteiger charge is -2.34. The zero-order valence-electron chi connectivity index (χ0n) is 16.7. The van der Waals surface area contributed by atoms with Crippen molar-refractivity contribution >= 4 is 131 Å². The van der Waals surface area contributed by atoms with Crippen molar-refractivity contribution in [2.75, 3.05) is 0 Å². The molecule has 8 nitrogen and oxygen atoms in total. The molecule has 0 radical (unpaired) electrons. The van der Waals surface area contributed by atoms with Gasteiger partial charge in [-0.2, -0.15) is 0 Å². The van der Waals surface area contributed by atoms with Gasteiger partial charge in [-0.05, 0) is 31.9 Å². The fourth-order valence-corrected chi connectivity index (χ4v) is 9.84. The molecule has 192 valence electrons. The lowest BCUT2D eigenvalue weighted by molar-refractivity contribution is -0.385. The Hall–Kier alpha value is 0.270. The molecule has 17 heteroatoms. The van der Waals surface area contributed by atoms with Crippen LogP contribution in [0.2, 0.25) is 0 Å². The van der Waals surface area contributed by atoms with E-state index in [-0.39, 0.29) is 11.1 Å². The van der Waals surface area contributed by atoms with Crippen LogP contribution in [0.25, 0.3) is 0 Å². The predicted molar refractivity (Wildman–Crippen MR) is 153 cm³/mol. The van der Waals surface area contributed by atoms with Crippen molar-refractivity contribution in [2.24, 2.45) is 0 Å². The van der Waals surface area contributed by atoms with Crippen LogP contribution in [-0.4, -0.2) is 34.4 Å². The third kappa shape index (κ3) is 7.23. The van der Waals surface area contributed by atoms with Crippen LogP contribution in [0.1, 0.15) is 21.6 Å². The standard InChI is InChI=1S/C18H12Br4Cl4N2O6S/c19-15(17(21,23)24)13(9-5-1-3-7-11(9)27(29)30)35(33,34)14(16(20)18(22,25)26)10-6-2-4-8-12(10)28(31)32/h1-8,13-16H. The molecule has 0 spiro atoms. The Morgan fingerprint density at radius 2 is 1.00 bits per heavy atom. The second-order valence-corrected chi connectivity index (χ2v) is 18.2. The summed E-state index contributed by atoms with van der Waals surface area (Å²) in [5.74, 6) is 0. The summed E-state index contributed by atoms with van der Waals surface area (Å²) < 4.78 is 24.9. The average molecular weight is 846 g/mol. The molecular formula is C18H12Br4Cl4N2O6S. The monoisotopic (exact) mass is 840 g/mol. The van der Waals surface area contributed by atoms with Crippen molar-refractivity contribution in [3.05, 3.63) is 79.9 Å². The summed E-state index contributed by atoms with van der Waals surface area (Å²) in [6.45, 7) is 0. The molecule has 0 heterocycles. The van der Waals surface area contributed by atoms with E-state index in [9.17, 15) is 28.6 Å². The number of benzene rings is 2. The molecule has 4 unspecified atom stereocenters. The first-order chi connectivity index (χ1) is 15.9. The first-order valence-corrected chi connectivity index (χ1v) is 15.6. The van der Waals surface area contributed by atoms with Crippen molar-refractivity contribution in [3.8, 4) is 0 Å². The molecule has 35 heavy (non-hydrogen) atoms. The van der Waals surface area contributed by atoms with Gasteiger partial charge in [-0.15, -0.1) is 0 Å². The van der Waals surface area contributed by atoms with Crippen LogP contribution in [0, 0.1) is 20.2 Å². The van der Waals surface area contributed by atoms with Crippen molar-refractivity contribution in [1.29, 1.82) is 0 Å². The Bertz CT molecular complexity index is 1140. The Labute approximate surface area is 253 Å². The van der Waals surface area contributed by atoms with Crippen LogP contribution < -0.4 is 0 Å². The van der Waals surface area contributed by atoms with Crippen molar-refractivity contribution in [3.63, 3.8) is 0 Å². The van der Waals surface area contributed by atoms with Gasteiger partial charge in [0.25, 0.3) is 11.4 Å². The Balaban J connectivity index is 2.99. The van der Waals surface area contributed by atoms with E-state index in [1.54, 1.807) is 0 Å². The number of hydrogen-bond acceptors (Lipinski definition) is 6. The molecule has 4 atom stereocenters. The fourth-order valence-electron chi connectivity index (χ4n) is 3.29. The number of para-hydroxylation sites is 2. The second-order valence-electron chi connectivity index (χ2n) is 6.95. The average Bonchev–Trinajstić information content (AvgIpc) is 2.72. The van der Waals surface area contributed by atoms with E-state index in [0.717, 1.165) is 12.1 Å². The zero-order chi connectivity index (χ0) is 26.9. The topological polar surface area (TPSA) is 120 Å². The van der Waals surface area contributed by atoms with E-state index in [1.807, 2.05) is 0 Å². The smallest absolute Gasteiger partial charge is 0.258 e. The number of rotatable bonds is 10. The summed E-state index contributed by atoms with van der Waals surface area (Å²) in [7, 11) is -4.75. The zero-order valence-corrected chi connectivity index (χ0v) is 26.9. The third-order valence-corrected chi connectivity index (χ3v) is 14.6. The largest absolute Gasteiger partial charge is 0.273 e. The van der Waals surface area contributed by atoms with E-state index in [1.165, 1.54) is 36.4 Å². The SMILES string of the molecule is O=[N+]([O-])c1ccccc1C(C(Br)C(Cl)(Cl)Br)S(=O)(=O)C(c1ccccc1[N+](=O)[O-])C(Br)C(Cl)(Cl)Br. The number of nitrogens with zero attached hydrogens (tertiary/aromatic N) is 2. The van der Waals surface area contributed by atoms with Crippen molar-refractivity contribution in [1.82, 2.24) is 0 Å². The molecule has 2 rings (SSSR count). The quantitative estimate of drug-likeness (QED) is 0.135. The number of alkyl halides is 8. The van der Waals surface area contributed by atoms with Crippen molar-refractivity contribution in [2.45, 2.75) is 26.6 Å². The Morgan fingerprint density at radius 1 is 0.714 bits per heavy atom. The molecule has 0 saturated heterocycles. The number of sulfone groups is 1. The number of nitro groups is 2.